The fraction of sp³-hybridized carbons (Fsp3) is 0.750. The van der Waals surface area contributed by atoms with Gasteiger partial charge in [-0.3, -0.25) is 9.59 Å². The fourth-order valence-electron chi connectivity index (χ4n) is 8.01. The second-order valence-electron chi connectivity index (χ2n) is 12.2. The molecule has 0 saturated heterocycles. The Labute approximate surface area is 188 Å². The third kappa shape index (κ3) is 3.55. The van der Waals surface area contributed by atoms with Crippen molar-refractivity contribution in [2.24, 2.45) is 39.9 Å². The zero-order valence-electron chi connectivity index (χ0n) is 20.1. The molecule has 3 heteroatoms. The Morgan fingerprint density at radius 2 is 1.74 bits per heavy atom. The van der Waals surface area contributed by atoms with E-state index in [0.29, 0.717) is 29.6 Å². The highest BCUT2D eigenvalue weighted by Crippen LogP contribution is 2.63. The molecule has 4 aliphatic rings. The lowest BCUT2D eigenvalue weighted by Crippen LogP contribution is -2.53. The minimum atomic E-state index is -0.581. The number of hydrogen-bond acceptors (Lipinski definition) is 3. The first-order valence-electron chi connectivity index (χ1n) is 12.5. The maximum atomic E-state index is 13.2. The van der Waals surface area contributed by atoms with Crippen LogP contribution in [0.2, 0.25) is 0 Å². The second-order valence-corrected chi connectivity index (χ2v) is 12.2. The number of carbonyl (C=O) groups is 2. The molecule has 0 aromatic heterocycles. The molecule has 3 nitrogen and oxygen atoms in total. The third-order valence-corrected chi connectivity index (χ3v) is 9.75. The molecule has 0 heterocycles. The van der Waals surface area contributed by atoms with Crippen LogP contribution in [0.4, 0.5) is 0 Å². The summed E-state index contributed by atoms with van der Waals surface area (Å²) in [5.41, 5.74) is 0.856. The Morgan fingerprint density at radius 3 is 2.45 bits per heavy atom. The van der Waals surface area contributed by atoms with Crippen LogP contribution in [0.3, 0.4) is 0 Å². The first kappa shape index (κ1) is 22.5. The van der Waals surface area contributed by atoms with Crippen molar-refractivity contribution >= 4 is 11.6 Å². The Kier molecular flexibility index (Phi) is 5.60. The van der Waals surface area contributed by atoms with Gasteiger partial charge in [-0.25, -0.2) is 0 Å². The third-order valence-electron chi connectivity index (χ3n) is 9.75. The van der Waals surface area contributed by atoms with Gasteiger partial charge in [-0.2, -0.15) is 5.26 Å². The Bertz CT molecular complexity index is 887. The van der Waals surface area contributed by atoms with Gasteiger partial charge < -0.3 is 0 Å². The molecule has 6 atom stereocenters. The van der Waals surface area contributed by atoms with Gasteiger partial charge in [0.25, 0.3) is 0 Å². The summed E-state index contributed by atoms with van der Waals surface area (Å²) >= 11 is 0. The summed E-state index contributed by atoms with van der Waals surface area (Å²) in [5.74, 6) is 1.71. The number of nitrogens with zero attached hydrogens (tertiary/aromatic N) is 1. The van der Waals surface area contributed by atoms with E-state index in [0.717, 1.165) is 19.3 Å². The topological polar surface area (TPSA) is 57.9 Å². The smallest absolute Gasteiger partial charge is 0.178 e. The molecule has 0 N–H and O–H groups in total. The highest BCUT2D eigenvalue weighted by molar-refractivity contribution is 6.04. The molecule has 0 spiro atoms. The van der Waals surface area contributed by atoms with Crippen LogP contribution >= 0.6 is 0 Å². The standard InChI is InChI=1S/C28H39NO2/c1-18-11-13-27(4)12-7-6-8-22(27)21-9-10-24-26(2,3)25(31)19(17-29)16-28(24,5)23(21)15-20(30)14-18/h15-16,18,21-22,24H,6-14H2,1-5H3/b23-15+/t18-,21?,22?,24-,27?,28?/m0/s1. The van der Waals surface area contributed by atoms with Crippen molar-refractivity contribution in [2.45, 2.75) is 92.4 Å². The molecule has 0 aromatic carbocycles. The van der Waals surface area contributed by atoms with Crippen LogP contribution in [-0.2, 0) is 9.59 Å². The highest BCUT2D eigenvalue weighted by atomic mass is 16.1. The molecule has 0 radical (unpaired) electrons. The zero-order valence-corrected chi connectivity index (χ0v) is 20.1. The molecule has 2 saturated carbocycles. The van der Waals surface area contributed by atoms with Crippen LogP contribution in [0.5, 0.6) is 0 Å². The van der Waals surface area contributed by atoms with E-state index in [-0.39, 0.29) is 23.1 Å². The quantitative estimate of drug-likeness (QED) is 0.443. The van der Waals surface area contributed by atoms with Crippen molar-refractivity contribution in [3.63, 3.8) is 0 Å². The highest BCUT2D eigenvalue weighted by Gasteiger charge is 2.57. The summed E-state index contributed by atoms with van der Waals surface area (Å²) in [6.45, 7) is 11.0. The molecule has 4 aliphatic carbocycles. The number of allylic oxidation sites excluding steroid dienone is 4. The molecular weight excluding hydrogens is 382 g/mol. The molecule has 2 fully saturated rings. The van der Waals surface area contributed by atoms with Crippen LogP contribution < -0.4 is 0 Å². The number of fused-ring (bicyclic) bond motifs is 5. The van der Waals surface area contributed by atoms with Gasteiger partial charge in [-0.05, 0) is 73.7 Å². The first-order chi connectivity index (χ1) is 14.5. The lowest BCUT2D eigenvalue weighted by atomic mass is 9.46. The van der Waals surface area contributed by atoms with Crippen LogP contribution in [-0.4, -0.2) is 11.6 Å². The molecule has 4 unspecified atom stereocenters. The van der Waals surface area contributed by atoms with E-state index >= 15 is 0 Å². The van der Waals surface area contributed by atoms with Crippen LogP contribution in [0.1, 0.15) is 92.4 Å². The number of hydrogen-bond donors (Lipinski definition) is 0. The lowest BCUT2D eigenvalue weighted by Gasteiger charge is -2.57. The summed E-state index contributed by atoms with van der Waals surface area (Å²) < 4.78 is 0. The number of carbonyl (C=O) groups excluding carboxylic acids is 2. The summed E-state index contributed by atoms with van der Waals surface area (Å²) in [4.78, 5) is 26.2. The van der Waals surface area contributed by atoms with Gasteiger partial charge in [-0.15, -0.1) is 0 Å². The molecule has 0 amide bonds. The van der Waals surface area contributed by atoms with Crippen molar-refractivity contribution < 1.29 is 9.59 Å². The summed E-state index contributed by atoms with van der Waals surface area (Å²) in [6.07, 6.45) is 14.0. The van der Waals surface area contributed by atoms with E-state index in [4.69, 9.17) is 0 Å². The van der Waals surface area contributed by atoms with Crippen molar-refractivity contribution in [2.75, 3.05) is 0 Å². The minimum Gasteiger partial charge on any atom is -0.295 e. The molecular formula is C28H39NO2. The summed E-state index contributed by atoms with van der Waals surface area (Å²) in [5, 5.41) is 9.77. The number of Topliss-reactive ketones (excluding diaryl/α,β-unsaturated/α-hetero) is 1. The Morgan fingerprint density at radius 1 is 1.00 bits per heavy atom. The predicted molar refractivity (Wildman–Crippen MR) is 123 cm³/mol. The molecule has 0 aromatic rings. The lowest BCUT2D eigenvalue weighted by molar-refractivity contribution is -0.130. The molecule has 31 heavy (non-hydrogen) atoms. The van der Waals surface area contributed by atoms with Crippen LogP contribution in [0.25, 0.3) is 0 Å². The van der Waals surface area contributed by atoms with Gasteiger partial charge in [0.15, 0.2) is 11.6 Å². The predicted octanol–water partition coefficient (Wildman–Crippen LogP) is 6.59. The monoisotopic (exact) mass is 421 g/mol. The number of rotatable bonds is 0. The molecule has 0 bridgehead atoms. The maximum absolute atomic E-state index is 13.2. The normalized spacial score (nSPS) is 44.5. The van der Waals surface area contributed by atoms with E-state index in [1.165, 1.54) is 37.7 Å². The van der Waals surface area contributed by atoms with E-state index in [9.17, 15) is 14.9 Å². The van der Waals surface area contributed by atoms with Gasteiger partial charge in [0, 0.05) is 17.3 Å². The largest absolute Gasteiger partial charge is 0.295 e. The second kappa shape index (κ2) is 7.72. The van der Waals surface area contributed by atoms with Gasteiger partial charge >= 0.3 is 0 Å². The SMILES string of the molecule is C[C@H]1CCC2(C)CCCCC2C2CC[C@H]3C(C)(C)C(=O)C(C#N)=CC3(C)/C2=C/C(=O)C1. The average Bonchev–Trinajstić information content (AvgIpc) is 2.71. The van der Waals surface area contributed by atoms with Crippen molar-refractivity contribution in [1.82, 2.24) is 0 Å². The van der Waals surface area contributed by atoms with E-state index < -0.39 is 10.8 Å². The van der Waals surface area contributed by atoms with Crippen LogP contribution in [0.15, 0.2) is 23.3 Å². The van der Waals surface area contributed by atoms with Gasteiger partial charge in [-0.1, -0.05) is 59.1 Å². The van der Waals surface area contributed by atoms with E-state index in [1.54, 1.807) is 0 Å². The fourth-order valence-corrected chi connectivity index (χ4v) is 8.01. The molecule has 4 rings (SSSR count). The first-order valence-corrected chi connectivity index (χ1v) is 12.5. The van der Waals surface area contributed by atoms with Gasteiger partial charge in [0.05, 0.1) is 5.57 Å². The summed E-state index contributed by atoms with van der Waals surface area (Å²) in [6, 6.07) is 2.19. The van der Waals surface area contributed by atoms with Gasteiger partial charge in [0.2, 0.25) is 0 Å². The number of nitriles is 1. The van der Waals surface area contributed by atoms with Crippen molar-refractivity contribution in [3.8, 4) is 6.07 Å². The van der Waals surface area contributed by atoms with E-state index in [2.05, 4.69) is 26.8 Å². The van der Waals surface area contributed by atoms with Gasteiger partial charge in [0.1, 0.15) is 6.07 Å². The minimum absolute atomic E-state index is 0.0288. The molecule has 168 valence electrons. The van der Waals surface area contributed by atoms with Crippen molar-refractivity contribution in [1.29, 1.82) is 5.26 Å². The van der Waals surface area contributed by atoms with Crippen LogP contribution in [0, 0.1) is 51.2 Å². The molecule has 0 aliphatic heterocycles. The Hall–Kier alpha value is -1.69. The van der Waals surface area contributed by atoms with E-state index in [1.807, 2.05) is 26.0 Å². The zero-order chi connectivity index (χ0) is 22.6. The average molecular weight is 422 g/mol. The number of ketones is 2. The summed E-state index contributed by atoms with van der Waals surface area (Å²) in [7, 11) is 0. The Balaban J connectivity index is 1.90. The maximum Gasteiger partial charge on any atom is 0.178 e. The van der Waals surface area contributed by atoms with Crippen molar-refractivity contribution in [3.05, 3.63) is 23.3 Å².